The summed E-state index contributed by atoms with van der Waals surface area (Å²) >= 11 is 3.32. The van der Waals surface area contributed by atoms with Crippen molar-refractivity contribution in [3.8, 4) is 0 Å². The summed E-state index contributed by atoms with van der Waals surface area (Å²) in [5.74, 6) is 0.564. The molecule has 0 aromatic carbocycles. The average Bonchev–Trinajstić information content (AvgIpc) is 3.05. The average molecular weight is 374 g/mol. The molecule has 1 aromatic heterocycles. The molecular weight excluding hydrogens is 354 g/mol. The van der Waals surface area contributed by atoms with Gasteiger partial charge in [-0.05, 0) is 34.7 Å². The van der Waals surface area contributed by atoms with Crippen LogP contribution >= 0.6 is 15.9 Å². The number of hydrogen-bond donors (Lipinski definition) is 4. The number of nitrogens with one attached hydrogen (secondary N) is 3. The number of hydrazine groups is 1. The number of amides is 2. The van der Waals surface area contributed by atoms with E-state index >= 15 is 0 Å². The standard InChI is InChI=1S/C13H20BrN5O3/c1-7(2)10(17-18-13(21)22)12(20)19-5-3-4-8(19)11-15-6-9(14)16-11/h6-8,10,17-18H,3-5H2,1-2H3,(H,15,16)(H,21,22)/t8-,10-/m0/s1. The van der Waals surface area contributed by atoms with Crippen LogP contribution in [0.3, 0.4) is 0 Å². The van der Waals surface area contributed by atoms with Gasteiger partial charge in [0.05, 0.1) is 12.2 Å². The molecule has 1 aliphatic heterocycles. The van der Waals surface area contributed by atoms with Crippen molar-refractivity contribution in [2.24, 2.45) is 5.92 Å². The Kier molecular flexibility index (Phi) is 5.41. The number of aromatic amines is 1. The molecular formula is C13H20BrN5O3. The molecule has 1 aromatic rings. The number of carbonyl (C=O) groups excluding carboxylic acids is 1. The van der Waals surface area contributed by atoms with Crippen molar-refractivity contribution in [1.29, 1.82) is 0 Å². The van der Waals surface area contributed by atoms with E-state index in [4.69, 9.17) is 5.11 Å². The summed E-state index contributed by atoms with van der Waals surface area (Å²) in [7, 11) is 0. The molecule has 1 aliphatic rings. The summed E-state index contributed by atoms with van der Waals surface area (Å²) < 4.78 is 0.771. The zero-order chi connectivity index (χ0) is 16.3. The minimum absolute atomic E-state index is 0.0519. The topological polar surface area (TPSA) is 110 Å². The molecule has 0 aliphatic carbocycles. The van der Waals surface area contributed by atoms with Crippen LogP contribution in [0.5, 0.6) is 0 Å². The van der Waals surface area contributed by atoms with Crippen LogP contribution in [0.2, 0.25) is 0 Å². The number of likely N-dealkylation sites (tertiary alicyclic amines) is 1. The Hall–Kier alpha value is -1.61. The molecule has 1 saturated heterocycles. The second-order valence-electron chi connectivity index (χ2n) is 5.60. The van der Waals surface area contributed by atoms with E-state index in [1.807, 2.05) is 13.8 Å². The Balaban J connectivity index is 2.12. The van der Waals surface area contributed by atoms with Gasteiger partial charge in [0.1, 0.15) is 16.5 Å². The van der Waals surface area contributed by atoms with E-state index in [9.17, 15) is 9.59 Å². The van der Waals surface area contributed by atoms with Crippen LogP contribution in [0.25, 0.3) is 0 Å². The predicted molar refractivity (Wildman–Crippen MR) is 82.9 cm³/mol. The summed E-state index contributed by atoms with van der Waals surface area (Å²) in [6.07, 6.45) is 2.18. The third-order valence-electron chi connectivity index (χ3n) is 3.68. The monoisotopic (exact) mass is 373 g/mol. The number of H-pyrrole nitrogens is 1. The molecule has 0 saturated carbocycles. The van der Waals surface area contributed by atoms with Crippen LogP contribution < -0.4 is 10.9 Å². The van der Waals surface area contributed by atoms with E-state index in [1.165, 1.54) is 0 Å². The summed E-state index contributed by atoms with van der Waals surface area (Å²) in [6, 6.07) is -0.721. The third-order valence-corrected chi connectivity index (χ3v) is 4.09. The van der Waals surface area contributed by atoms with Crippen LogP contribution in [-0.4, -0.2) is 44.6 Å². The number of halogens is 1. The quantitative estimate of drug-likeness (QED) is 0.586. The molecule has 22 heavy (non-hydrogen) atoms. The molecule has 2 heterocycles. The first-order valence-electron chi connectivity index (χ1n) is 7.15. The van der Waals surface area contributed by atoms with Crippen molar-refractivity contribution in [2.45, 2.75) is 38.8 Å². The molecule has 0 radical (unpaired) electrons. The van der Waals surface area contributed by atoms with Gasteiger partial charge in [0, 0.05) is 6.54 Å². The number of nitrogens with zero attached hydrogens (tertiary/aromatic N) is 2. The van der Waals surface area contributed by atoms with Gasteiger partial charge in [0.25, 0.3) is 0 Å². The van der Waals surface area contributed by atoms with E-state index in [0.717, 1.165) is 23.3 Å². The van der Waals surface area contributed by atoms with Gasteiger partial charge in [-0.2, -0.15) is 0 Å². The molecule has 8 nitrogen and oxygen atoms in total. The zero-order valence-corrected chi connectivity index (χ0v) is 14.1. The number of aromatic nitrogens is 2. The van der Waals surface area contributed by atoms with Crippen LogP contribution in [0, 0.1) is 5.92 Å². The van der Waals surface area contributed by atoms with Gasteiger partial charge in [0.15, 0.2) is 0 Å². The van der Waals surface area contributed by atoms with Gasteiger partial charge < -0.3 is 15.0 Å². The number of rotatable bonds is 5. The highest BCUT2D eigenvalue weighted by Crippen LogP contribution is 2.31. The van der Waals surface area contributed by atoms with Crippen LogP contribution in [0.15, 0.2) is 10.8 Å². The molecule has 2 amide bonds. The fourth-order valence-electron chi connectivity index (χ4n) is 2.63. The van der Waals surface area contributed by atoms with Gasteiger partial charge >= 0.3 is 6.09 Å². The van der Waals surface area contributed by atoms with E-state index in [0.29, 0.717) is 6.54 Å². The first-order valence-corrected chi connectivity index (χ1v) is 7.94. The maximum absolute atomic E-state index is 12.8. The second kappa shape index (κ2) is 7.10. The van der Waals surface area contributed by atoms with E-state index in [2.05, 4.69) is 36.7 Å². The highest BCUT2D eigenvalue weighted by molar-refractivity contribution is 9.10. The second-order valence-corrected chi connectivity index (χ2v) is 6.46. The SMILES string of the molecule is CC(C)[C@H](NNC(=O)O)C(=O)N1CCC[C@H]1c1ncc(Br)[nH]1. The Bertz CT molecular complexity index is 548. The third kappa shape index (κ3) is 3.77. The van der Waals surface area contributed by atoms with Crippen molar-refractivity contribution < 1.29 is 14.7 Å². The maximum atomic E-state index is 12.8. The lowest BCUT2D eigenvalue weighted by Crippen LogP contribution is -2.54. The molecule has 9 heteroatoms. The largest absolute Gasteiger partial charge is 0.464 e. The van der Waals surface area contributed by atoms with Crippen molar-refractivity contribution in [3.05, 3.63) is 16.6 Å². The first-order chi connectivity index (χ1) is 10.4. The number of carboxylic acid groups (broad SMARTS) is 1. The Labute approximate surface area is 136 Å². The van der Waals surface area contributed by atoms with Gasteiger partial charge in [-0.15, -0.1) is 0 Å². The van der Waals surface area contributed by atoms with Gasteiger partial charge in [0.2, 0.25) is 5.91 Å². The van der Waals surface area contributed by atoms with E-state index < -0.39 is 12.1 Å². The fourth-order valence-corrected chi connectivity index (χ4v) is 2.93. The minimum Gasteiger partial charge on any atom is -0.464 e. The van der Waals surface area contributed by atoms with E-state index in [1.54, 1.807) is 11.1 Å². The predicted octanol–water partition coefficient (Wildman–Crippen LogP) is 1.63. The lowest BCUT2D eigenvalue weighted by atomic mass is 10.0. The summed E-state index contributed by atoms with van der Waals surface area (Å²) in [5.41, 5.74) is 4.67. The normalized spacial score (nSPS) is 19.5. The van der Waals surface area contributed by atoms with Crippen LogP contribution in [-0.2, 0) is 4.79 Å². The zero-order valence-electron chi connectivity index (χ0n) is 12.5. The summed E-state index contributed by atoms with van der Waals surface area (Å²) in [6.45, 7) is 4.38. The molecule has 0 bridgehead atoms. The van der Waals surface area contributed by atoms with Crippen molar-refractivity contribution in [3.63, 3.8) is 0 Å². The van der Waals surface area contributed by atoms with E-state index in [-0.39, 0.29) is 17.9 Å². The molecule has 122 valence electrons. The molecule has 0 unspecified atom stereocenters. The molecule has 1 fully saturated rings. The molecule has 2 rings (SSSR count). The van der Waals surface area contributed by atoms with Gasteiger partial charge in [-0.1, -0.05) is 13.8 Å². The lowest BCUT2D eigenvalue weighted by molar-refractivity contribution is -0.135. The highest BCUT2D eigenvalue weighted by atomic mass is 79.9. The Morgan fingerprint density at radius 2 is 2.27 bits per heavy atom. The van der Waals surface area contributed by atoms with Crippen LogP contribution in [0.4, 0.5) is 4.79 Å². The molecule has 0 spiro atoms. The number of imidazole rings is 1. The molecule has 4 N–H and O–H groups in total. The first kappa shape index (κ1) is 16.8. The highest BCUT2D eigenvalue weighted by Gasteiger charge is 2.36. The lowest BCUT2D eigenvalue weighted by Gasteiger charge is -2.30. The maximum Gasteiger partial charge on any atom is 0.419 e. The fraction of sp³-hybridized carbons (Fsp3) is 0.615. The number of carbonyl (C=O) groups is 2. The van der Waals surface area contributed by atoms with Gasteiger partial charge in [-0.25, -0.2) is 15.2 Å². The van der Waals surface area contributed by atoms with Crippen molar-refractivity contribution in [2.75, 3.05) is 6.54 Å². The van der Waals surface area contributed by atoms with Crippen molar-refractivity contribution >= 4 is 27.9 Å². The Morgan fingerprint density at radius 1 is 1.55 bits per heavy atom. The number of hydrogen-bond acceptors (Lipinski definition) is 4. The Morgan fingerprint density at radius 3 is 2.82 bits per heavy atom. The van der Waals surface area contributed by atoms with Crippen LogP contribution in [0.1, 0.15) is 38.6 Å². The smallest absolute Gasteiger partial charge is 0.419 e. The minimum atomic E-state index is -1.22. The van der Waals surface area contributed by atoms with Crippen molar-refractivity contribution in [1.82, 2.24) is 25.7 Å². The molecule has 2 atom stereocenters. The summed E-state index contributed by atoms with van der Waals surface area (Å²) in [4.78, 5) is 32.5. The van der Waals surface area contributed by atoms with Gasteiger partial charge in [-0.3, -0.25) is 10.2 Å². The summed E-state index contributed by atoms with van der Waals surface area (Å²) in [5, 5.41) is 8.71.